The van der Waals surface area contributed by atoms with Gasteiger partial charge in [-0.2, -0.15) is 0 Å². The molecule has 10 heavy (non-hydrogen) atoms. The van der Waals surface area contributed by atoms with Gasteiger partial charge in [-0.15, -0.1) is 0 Å². The minimum absolute atomic E-state index is 0.108. The second kappa shape index (κ2) is 6.99. The first-order valence-corrected chi connectivity index (χ1v) is 3.72. The van der Waals surface area contributed by atoms with Crippen molar-refractivity contribution in [1.29, 1.82) is 0 Å². The van der Waals surface area contributed by atoms with E-state index in [4.69, 9.17) is 9.84 Å². The van der Waals surface area contributed by atoms with Crippen molar-refractivity contribution in [2.75, 3.05) is 20.3 Å². The summed E-state index contributed by atoms with van der Waals surface area (Å²) < 4.78 is 5.07. The number of rotatable bonds is 6. The first-order chi connectivity index (χ1) is 4.85. The lowest BCUT2D eigenvalue weighted by molar-refractivity contribution is 0.0621. The Labute approximate surface area is 62.4 Å². The fourth-order valence-electron chi connectivity index (χ4n) is 0.791. The lowest BCUT2D eigenvalue weighted by atomic mass is 10.3. The Hall–Kier alpha value is -0.120. The zero-order valence-corrected chi connectivity index (χ0v) is 6.76. The van der Waals surface area contributed by atoms with Crippen LogP contribution in [0.25, 0.3) is 0 Å². The Kier molecular flexibility index (Phi) is 6.91. The Balaban J connectivity index is 3.21. The van der Waals surface area contributed by atoms with Gasteiger partial charge >= 0.3 is 0 Å². The molecular formula is C7H17NO2. The molecule has 0 aromatic rings. The van der Waals surface area contributed by atoms with Gasteiger partial charge in [0.2, 0.25) is 0 Å². The largest absolute Gasteiger partial charge is 0.395 e. The van der Waals surface area contributed by atoms with Crippen molar-refractivity contribution in [1.82, 2.24) is 5.32 Å². The predicted octanol–water partition coefficient (Wildman–Crippen LogP) is 0.341. The molecule has 0 saturated heterocycles. The van der Waals surface area contributed by atoms with Gasteiger partial charge in [0.1, 0.15) is 6.23 Å². The van der Waals surface area contributed by atoms with Crippen molar-refractivity contribution in [3.63, 3.8) is 0 Å². The number of nitrogens with one attached hydrogen (secondary N) is 1. The highest BCUT2D eigenvalue weighted by atomic mass is 16.5. The number of ether oxygens (including phenoxy) is 1. The van der Waals surface area contributed by atoms with Crippen molar-refractivity contribution >= 4 is 0 Å². The van der Waals surface area contributed by atoms with Gasteiger partial charge in [0.05, 0.1) is 6.61 Å². The summed E-state index contributed by atoms with van der Waals surface area (Å²) in [6.45, 7) is 2.88. The van der Waals surface area contributed by atoms with E-state index in [0.717, 1.165) is 12.8 Å². The van der Waals surface area contributed by atoms with Gasteiger partial charge in [-0.1, -0.05) is 13.3 Å². The summed E-state index contributed by atoms with van der Waals surface area (Å²) in [6, 6.07) is 0. The molecule has 2 N–H and O–H groups in total. The fraction of sp³-hybridized carbons (Fsp3) is 1.00. The van der Waals surface area contributed by atoms with Crippen LogP contribution >= 0.6 is 0 Å². The molecular weight excluding hydrogens is 130 g/mol. The monoisotopic (exact) mass is 147 g/mol. The highest BCUT2D eigenvalue weighted by molar-refractivity contribution is 4.52. The average Bonchev–Trinajstić information content (AvgIpc) is 1.98. The number of hydrogen-bond donors (Lipinski definition) is 2. The van der Waals surface area contributed by atoms with Crippen molar-refractivity contribution in [3.8, 4) is 0 Å². The molecule has 0 fully saturated rings. The van der Waals surface area contributed by atoms with Gasteiger partial charge in [0.25, 0.3) is 0 Å². The minimum Gasteiger partial charge on any atom is -0.395 e. The van der Waals surface area contributed by atoms with E-state index in [2.05, 4.69) is 12.2 Å². The zero-order valence-electron chi connectivity index (χ0n) is 6.76. The second-order valence-corrected chi connectivity index (χ2v) is 2.19. The van der Waals surface area contributed by atoms with E-state index in [0.29, 0.717) is 6.54 Å². The third kappa shape index (κ3) is 4.73. The normalized spacial score (nSPS) is 13.5. The highest BCUT2D eigenvalue weighted by Gasteiger charge is 2.01. The SMILES string of the molecule is CCCC(NCCO)OC. The molecule has 0 aromatic heterocycles. The van der Waals surface area contributed by atoms with Crippen molar-refractivity contribution < 1.29 is 9.84 Å². The molecule has 0 aliphatic rings. The van der Waals surface area contributed by atoms with Gasteiger partial charge < -0.3 is 9.84 Å². The maximum atomic E-state index is 8.46. The van der Waals surface area contributed by atoms with Gasteiger partial charge in [0.15, 0.2) is 0 Å². The standard InChI is InChI=1S/C7H17NO2/c1-3-4-7(10-2)8-5-6-9/h7-9H,3-6H2,1-2H3. The van der Waals surface area contributed by atoms with E-state index < -0.39 is 0 Å². The second-order valence-electron chi connectivity index (χ2n) is 2.19. The van der Waals surface area contributed by atoms with Crippen molar-refractivity contribution in [2.24, 2.45) is 0 Å². The van der Waals surface area contributed by atoms with Gasteiger partial charge in [-0.25, -0.2) is 0 Å². The summed E-state index contributed by atoms with van der Waals surface area (Å²) >= 11 is 0. The van der Waals surface area contributed by atoms with Crippen LogP contribution in [0.15, 0.2) is 0 Å². The van der Waals surface area contributed by atoms with Crippen molar-refractivity contribution in [2.45, 2.75) is 26.0 Å². The van der Waals surface area contributed by atoms with Gasteiger partial charge in [-0.3, -0.25) is 5.32 Å². The molecule has 0 aliphatic carbocycles. The Morgan fingerprint density at radius 2 is 2.30 bits per heavy atom. The maximum Gasteiger partial charge on any atom is 0.107 e. The van der Waals surface area contributed by atoms with Crippen LogP contribution in [0.4, 0.5) is 0 Å². The molecule has 62 valence electrons. The molecule has 0 heterocycles. The molecule has 0 saturated carbocycles. The topological polar surface area (TPSA) is 41.5 Å². The maximum absolute atomic E-state index is 8.46. The average molecular weight is 147 g/mol. The molecule has 0 aliphatic heterocycles. The summed E-state index contributed by atoms with van der Waals surface area (Å²) in [6.07, 6.45) is 2.20. The highest BCUT2D eigenvalue weighted by Crippen LogP contribution is 1.95. The molecule has 1 atom stereocenters. The van der Waals surface area contributed by atoms with Crippen LogP contribution < -0.4 is 5.32 Å². The summed E-state index contributed by atoms with van der Waals surface area (Å²) in [4.78, 5) is 0. The molecule has 0 bridgehead atoms. The van der Waals surface area contributed by atoms with Gasteiger partial charge in [0, 0.05) is 13.7 Å². The number of aliphatic hydroxyl groups excluding tert-OH is 1. The van der Waals surface area contributed by atoms with E-state index in [9.17, 15) is 0 Å². The van der Waals surface area contributed by atoms with Crippen LogP contribution in [0.1, 0.15) is 19.8 Å². The van der Waals surface area contributed by atoms with Crippen LogP contribution in [-0.2, 0) is 4.74 Å². The third-order valence-electron chi connectivity index (χ3n) is 1.32. The zero-order chi connectivity index (χ0) is 7.82. The molecule has 0 radical (unpaired) electrons. The van der Waals surface area contributed by atoms with E-state index in [-0.39, 0.29) is 12.8 Å². The van der Waals surface area contributed by atoms with E-state index in [1.165, 1.54) is 0 Å². The Morgan fingerprint density at radius 1 is 1.60 bits per heavy atom. The van der Waals surface area contributed by atoms with E-state index in [1.807, 2.05) is 0 Å². The first kappa shape index (κ1) is 9.88. The molecule has 0 rings (SSSR count). The summed E-state index contributed by atoms with van der Waals surface area (Å²) in [5, 5.41) is 11.5. The van der Waals surface area contributed by atoms with Crippen LogP contribution in [0.5, 0.6) is 0 Å². The minimum atomic E-state index is 0.108. The fourth-order valence-corrected chi connectivity index (χ4v) is 0.791. The van der Waals surface area contributed by atoms with Crippen LogP contribution in [0.3, 0.4) is 0 Å². The summed E-state index contributed by atoms with van der Waals surface area (Å²) in [5.74, 6) is 0. The smallest absolute Gasteiger partial charge is 0.107 e. The Bertz CT molecular complexity index is 68.6. The summed E-state index contributed by atoms with van der Waals surface area (Å²) in [7, 11) is 1.67. The third-order valence-corrected chi connectivity index (χ3v) is 1.32. The van der Waals surface area contributed by atoms with E-state index >= 15 is 0 Å². The quantitative estimate of drug-likeness (QED) is 0.532. The molecule has 3 heteroatoms. The number of hydrogen-bond acceptors (Lipinski definition) is 3. The van der Waals surface area contributed by atoms with E-state index in [1.54, 1.807) is 7.11 Å². The molecule has 0 aromatic carbocycles. The van der Waals surface area contributed by atoms with Crippen LogP contribution in [0, 0.1) is 0 Å². The predicted molar refractivity (Wildman–Crippen MR) is 40.8 cm³/mol. The first-order valence-electron chi connectivity index (χ1n) is 3.72. The number of aliphatic hydroxyl groups is 1. The van der Waals surface area contributed by atoms with Crippen LogP contribution in [0.2, 0.25) is 0 Å². The molecule has 0 spiro atoms. The number of methoxy groups -OCH3 is 1. The Morgan fingerprint density at radius 3 is 2.70 bits per heavy atom. The lowest BCUT2D eigenvalue weighted by Crippen LogP contribution is -2.32. The van der Waals surface area contributed by atoms with Crippen molar-refractivity contribution in [3.05, 3.63) is 0 Å². The van der Waals surface area contributed by atoms with Crippen LogP contribution in [-0.4, -0.2) is 31.6 Å². The molecule has 0 amide bonds. The molecule has 1 unspecified atom stereocenters. The molecule has 3 nitrogen and oxygen atoms in total. The van der Waals surface area contributed by atoms with Gasteiger partial charge in [-0.05, 0) is 6.42 Å². The summed E-state index contributed by atoms with van der Waals surface area (Å²) in [5.41, 5.74) is 0. The lowest BCUT2D eigenvalue weighted by Gasteiger charge is -2.14.